The molecule has 0 amide bonds. The molecule has 0 spiro atoms. The summed E-state index contributed by atoms with van der Waals surface area (Å²) in [4.78, 5) is 0. The highest BCUT2D eigenvalue weighted by Gasteiger charge is 2.43. The second-order valence-corrected chi connectivity index (χ2v) is 4.26. The first-order valence-corrected chi connectivity index (χ1v) is 5.87. The van der Waals surface area contributed by atoms with Gasteiger partial charge in [-0.3, -0.25) is 0 Å². The Hall–Kier alpha value is -1.11. The van der Waals surface area contributed by atoms with Gasteiger partial charge >= 0.3 is 6.29 Å². The molecule has 0 unspecified atom stereocenters. The largest absolute Gasteiger partial charge is 0.586 e. The fourth-order valence-corrected chi connectivity index (χ4v) is 1.87. The van der Waals surface area contributed by atoms with E-state index >= 15 is 0 Å². The number of rotatable bonds is 5. The van der Waals surface area contributed by atoms with E-state index in [0.29, 0.717) is 6.54 Å². The number of hydrogen-bond acceptors (Lipinski definition) is 4. The molecule has 7 heteroatoms. The van der Waals surface area contributed by atoms with Crippen LogP contribution in [0.15, 0.2) is 18.2 Å². The minimum Gasteiger partial charge on any atom is -0.395 e. The Balaban J connectivity index is 0.00000180. The van der Waals surface area contributed by atoms with Crippen molar-refractivity contribution < 1.29 is 18.3 Å². The number of benzene rings is 1. The molecular weight excluding hydrogens is 278 g/mol. The van der Waals surface area contributed by atoms with E-state index in [1.165, 1.54) is 12.1 Å². The number of nitrogens with two attached hydrogens (primary N) is 2. The Labute approximate surface area is 116 Å². The molecule has 1 aliphatic heterocycles. The summed E-state index contributed by atoms with van der Waals surface area (Å²) >= 11 is 0. The molecule has 0 bridgehead atoms. The summed E-state index contributed by atoms with van der Waals surface area (Å²) in [7, 11) is 0. The maximum Gasteiger partial charge on any atom is 0.586 e. The Morgan fingerprint density at radius 2 is 1.84 bits per heavy atom. The number of halogens is 3. The van der Waals surface area contributed by atoms with Crippen LogP contribution in [0.5, 0.6) is 11.5 Å². The van der Waals surface area contributed by atoms with Crippen molar-refractivity contribution in [2.24, 2.45) is 11.5 Å². The van der Waals surface area contributed by atoms with Gasteiger partial charge in [0.25, 0.3) is 0 Å². The zero-order valence-corrected chi connectivity index (χ0v) is 11.1. The van der Waals surface area contributed by atoms with Crippen molar-refractivity contribution in [1.82, 2.24) is 0 Å². The van der Waals surface area contributed by atoms with Crippen molar-refractivity contribution in [3.8, 4) is 11.5 Å². The average molecular weight is 295 g/mol. The average Bonchev–Trinajstić information content (AvgIpc) is 2.61. The van der Waals surface area contributed by atoms with Gasteiger partial charge in [-0.25, -0.2) is 0 Å². The summed E-state index contributed by atoms with van der Waals surface area (Å²) in [6.45, 7) is 0.625. The highest BCUT2D eigenvalue weighted by Crippen LogP contribution is 2.42. The standard InChI is InChI=1S/C12H16F2N2O2.ClH/c13-12(14)17-10-5-4-8(7-11(10)18-12)9(16)3-1-2-6-15;/h4-5,7,9H,1-3,6,15-16H2;1H/t9-;/m1./s1. The lowest BCUT2D eigenvalue weighted by Crippen LogP contribution is -2.25. The van der Waals surface area contributed by atoms with Crippen LogP contribution in [0.4, 0.5) is 8.78 Å². The SMILES string of the molecule is Cl.NCCCC[C@@H](N)c1ccc2c(c1)OC(F)(F)O2. The molecule has 19 heavy (non-hydrogen) atoms. The fraction of sp³-hybridized carbons (Fsp3) is 0.500. The van der Waals surface area contributed by atoms with Crippen LogP contribution in [0.2, 0.25) is 0 Å². The number of ether oxygens (including phenoxy) is 2. The van der Waals surface area contributed by atoms with Crippen LogP contribution in [0.25, 0.3) is 0 Å². The minimum atomic E-state index is -3.58. The smallest absolute Gasteiger partial charge is 0.395 e. The Bertz CT molecular complexity index is 432. The maximum atomic E-state index is 12.8. The lowest BCUT2D eigenvalue weighted by molar-refractivity contribution is -0.286. The lowest BCUT2D eigenvalue weighted by atomic mass is 10.0. The first-order chi connectivity index (χ1) is 8.52. The Morgan fingerprint density at radius 1 is 1.16 bits per heavy atom. The number of hydrogen-bond donors (Lipinski definition) is 2. The van der Waals surface area contributed by atoms with Crippen molar-refractivity contribution in [2.75, 3.05) is 6.54 Å². The molecule has 0 saturated heterocycles. The Kier molecular flexibility index (Phi) is 5.34. The van der Waals surface area contributed by atoms with Gasteiger partial charge in [0.1, 0.15) is 0 Å². The summed E-state index contributed by atoms with van der Waals surface area (Å²) in [6.07, 6.45) is -1.02. The topological polar surface area (TPSA) is 70.5 Å². The van der Waals surface area contributed by atoms with Gasteiger partial charge in [0.05, 0.1) is 0 Å². The highest BCUT2D eigenvalue weighted by molar-refractivity contribution is 5.85. The molecule has 0 aliphatic carbocycles. The number of alkyl halides is 2. The Morgan fingerprint density at radius 3 is 2.53 bits per heavy atom. The number of unbranched alkanes of at least 4 members (excludes halogenated alkanes) is 1. The van der Waals surface area contributed by atoms with Gasteiger partial charge < -0.3 is 20.9 Å². The zero-order chi connectivity index (χ0) is 13.2. The first-order valence-electron chi connectivity index (χ1n) is 5.87. The summed E-state index contributed by atoms with van der Waals surface area (Å²) in [5.74, 6) is 0.0738. The van der Waals surface area contributed by atoms with Gasteiger partial charge in [-0.1, -0.05) is 12.5 Å². The van der Waals surface area contributed by atoms with Crippen molar-refractivity contribution in [2.45, 2.75) is 31.6 Å². The molecule has 1 aromatic rings. The molecular formula is C12H17ClF2N2O2. The monoisotopic (exact) mass is 294 g/mol. The van der Waals surface area contributed by atoms with Crippen molar-refractivity contribution in [1.29, 1.82) is 0 Å². The zero-order valence-electron chi connectivity index (χ0n) is 10.3. The molecule has 0 aromatic heterocycles. The first kappa shape index (κ1) is 15.9. The molecule has 0 fully saturated rings. The highest BCUT2D eigenvalue weighted by atomic mass is 35.5. The third-order valence-corrected chi connectivity index (χ3v) is 2.82. The van der Waals surface area contributed by atoms with E-state index in [1.54, 1.807) is 6.07 Å². The van der Waals surface area contributed by atoms with E-state index in [1.807, 2.05) is 0 Å². The van der Waals surface area contributed by atoms with Gasteiger partial charge in [0.2, 0.25) is 0 Å². The van der Waals surface area contributed by atoms with Gasteiger partial charge in [0, 0.05) is 6.04 Å². The second-order valence-electron chi connectivity index (χ2n) is 4.26. The summed E-state index contributed by atoms with van der Waals surface area (Å²) < 4.78 is 34.4. The fourth-order valence-electron chi connectivity index (χ4n) is 1.87. The summed E-state index contributed by atoms with van der Waals surface area (Å²) in [5.41, 5.74) is 12.1. The third-order valence-electron chi connectivity index (χ3n) is 2.82. The van der Waals surface area contributed by atoms with E-state index in [0.717, 1.165) is 24.8 Å². The molecule has 108 valence electrons. The van der Waals surface area contributed by atoms with Crippen LogP contribution >= 0.6 is 12.4 Å². The van der Waals surface area contributed by atoms with Crippen LogP contribution in [0.3, 0.4) is 0 Å². The van der Waals surface area contributed by atoms with Crippen molar-refractivity contribution >= 4 is 12.4 Å². The van der Waals surface area contributed by atoms with Crippen LogP contribution in [0.1, 0.15) is 30.9 Å². The van der Waals surface area contributed by atoms with Crippen molar-refractivity contribution in [3.63, 3.8) is 0 Å². The number of fused-ring (bicyclic) bond motifs is 1. The van der Waals surface area contributed by atoms with Crippen LogP contribution in [-0.4, -0.2) is 12.8 Å². The summed E-state index contributed by atoms with van der Waals surface area (Å²) in [6, 6.07) is 4.42. The predicted molar refractivity (Wildman–Crippen MR) is 69.7 cm³/mol. The second kappa shape index (κ2) is 6.36. The predicted octanol–water partition coefficient (Wildman–Crippen LogP) is 2.56. The summed E-state index contributed by atoms with van der Waals surface area (Å²) in [5, 5.41) is 0. The van der Waals surface area contributed by atoms with E-state index in [9.17, 15) is 8.78 Å². The van der Waals surface area contributed by atoms with E-state index in [4.69, 9.17) is 11.5 Å². The van der Waals surface area contributed by atoms with Crippen LogP contribution < -0.4 is 20.9 Å². The van der Waals surface area contributed by atoms with Gasteiger partial charge in [-0.05, 0) is 37.1 Å². The van der Waals surface area contributed by atoms with Gasteiger partial charge in [-0.2, -0.15) is 0 Å². The van der Waals surface area contributed by atoms with Gasteiger partial charge in [0.15, 0.2) is 11.5 Å². The minimum absolute atomic E-state index is 0. The quantitative estimate of drug-likeness (QED) is 0.819. The maximum absolute atomic E-state index is 12.8. The van der Waals surface area contributed by atoms with E-state index in [-0.39, 0.29) is 29.9 Å². The van der Waals surface area contributed by atoms with Crippen LogP contribution in [0, 0.1) is 0 Å². The molecule has 1 atom stereocenters. The van der Waals surface area contributed by atoms with E-state index < -0.39 is 6.29 Å². The third kappa shape index (κ3) is 3.92. The molecule has 0 radical (unpaired) electrons. The molecule has 4 N–H and O–H groups in total. The normalized spacial score (nSPS) is 16.8. The van der Waals surface area contributed by atoms with Gasteiger partial charge in [-0.15, -0.1) is 21.2 Å². The lowest BCUT2D eigenvalue weighted by Gasteiger charge is -2.11. The van der Waals surface area contributed by atoms with Crippen LogP contribution in [-0.2, 0) is 0 Å². The molecule has 2 rings (SSSR count). The van der Waals surface area contributed by atoms with E-state index in [2.05, 4.69) is 9.47 Å². The molecule has 1 heterocycles. The van der Waals surface area contributed by atoms with Crippen molar-refractivity contribution in [3.05, 3.63) is 23.8 Å². The molecule has 1 aliphatic rings. The molecule has 0 saturated carbocycles. The molecule has 4 nitrogen and oxygen atoms in total. The molecule has 1 aromatic carbocycles.